The molecule has 14 heteroatoms. The van der Waals surface area contributed by atoms with Gasteiger partial charge < -0.3 is 23.7 Å². The average molecular weight is 670 g/mol. The number of aromatic nitrogens is 3. The zero-order valence-electron chi connectivity index (χ0n) is 25.2. The minimum atomic E-state index is -1.62. The first-order valence-corrected chi connectivity index (χ1v) is 15.7. The lowest BCUT2D eigenvalue weighted by Gasteiger charge is -2.50. The van der Waals surface area contributed by atoms with E-state index in [0.29, 0.717) is 5.75 Å². The third-order valence-electron chi connectivity index (χ3n) is 7.86. The van der Waals surface area contributed by atoms with Gasteiger partial charge in [-0.15, -0.1) is 16.9 Å². The Labute approximate surface area is 272 Å². The fourth-order valence-electron chi connectivity index (χ4n) is 5.71. The van der Waals surface area contributed by atoms with Crippen LogP contribution in [0.25, 0.3) is 11.3 Å². The number of ether oxygens (including phenoxy) is 5. The Morgan fingerprint density at radius 2 is 1.70 bits per heavy atom. The molecule has 0 radical (unpaired) electrons. The van der Waals surface area contributed by atoms with Crippen LogP contribution in [0.1, 0.15) is 30.4 Å². The standard InChI is InChI=1S/C33H30F3N3O7S/c1-18(40)44-29-27(39-15-24(37-38-39)21-13-22(34)26(36)23(35)14-21)28-25(16-43-33(46-28)20-11-7-4-8-12-20)45-30(29)31(32(41)42-2)47-17-19-9-5-3-6-10-19/h3-15,25,27-31,33H,16-17H2,1-2H3/t25?,27?,28?,29?,30?,31-,33?/m0/s1. The summed E-state index contributed by atoms with van der Waals surface area (Å²) in [4.78, 5) is 25.9. The van der Waals surface area contributed by atoms with Gasteiger partial charge in [-0.25, -0.2) is 17.9 Å². The van der Waals surface area contributed by atoms with Crippen molar-refractivity contribution in [1.29, 1.82) is 0 Å². The van der Waals surface area contributed by atoms with Gasteiger partial charge in [0.15, 0.2) is 29.8 Å². The van der Waals surface area contributed by atoms with E-state index in [2.05, 4.69) is 10.3 Å². The van der Waals surface area contributed by atoms with Crippen molar-refractivity contribution in [2.75, 3.05) is 13.7 Å². The molecule has 2 fully saturated rings. The second kappa shape index (κ2) is 14.3. The van der Waals surface area contributed by atoms with E-state index in [1.165, 1.54) is 36.7 Å². The lowest BCUT2D eigenvalue weighted by molar-refractivity contribution is -0.317. The number of thioether (sulfide) groups is 1. The number of halogens is 3. The molecule has 6 unspecified atom stereocenters. The number of carbonyl (C=O) groups is 2. The number of hydrogen-bond acceptors (Lipinski definition) is 10. The largest absolute Gasteiger partial charge is 0.468 e. The van der Waals surface area contributed by atoms with E-state index < -0.39 is 71.4 Å². The molecule has 0 N–H and O–H groups in total. The van der Waals surface area contributed by atoms with E-state index in [1.54, 1.807) is 0 Å². The fourth-order valence-corrected chi connectivity index (χ4v) is 6.92. The molecular formula is C33H30F3N3O7S. The maximum absolute atomic E-state index is 14.1. The van der Waals surface area contributed by atoms with Crippen LogP contribution in [-0.2, 0) is 39.0 Å². The smallest absolute Gasteiger partial charge is 0.321 e. The highest BCUT2D eigenvalue weighted by atomic mass is 32.2. The van der Waals surface area contributed by atoms with Gasteiger partial charge >= 0.3 is 11.9 Å². The molecule has 47 heavy (non-hydrogen) atoms. The normalized spacial score (nSPS) is 24.6. The summed E-state index contributed by atoms with van der Waals surface area (Å²) in [6.07, 6.45) is -3.37. The summed E-state index contributed by atoms with van der Waals surface area (Å²) in [6.45, 7) is 1.26. The van der Waals surface area contributed by atoms with Gasteiger partial charge in [0.05, 0.1) is 19.9 Å². The Balaban J connectivity index is 1.41. The number of fused-ring (bicyclic) bond motifs is 1. The van der Waals surface area contributed by atoms with Crippen LogP contribution >= 0.6 is 11.8 Å². The average Bonchev–Trinajstić information content (AvgIpc) is 3.57. The highest BCUT2D eigenvalue weighted by Gasteiger charge is 2.56. The van der Waals surface area contributed by atoms with Crippen molar-refractivity contribution in [3.63, 3.8) is 0 Å². The van der Waals surface area contributed by atoms with Crippen molar-refractivity contribution in [3.8, 4) is 11.3 Å². The molecule has 0 spiro atoms. The number of carbonyl (C=O) groups excluding carboxylic acids is 2. The molecule has 246 valence electrons. The van der Waals surface area contributed by atoms with Gasteiger partial charge in [0.1, 0.15) is 35.3 Å². The van der Waals surface area contributed by atoms with Crippen molar-refractivity contribution in [2.45, 2.75) is 54.7 Å². The van der Waals surface area contributed by atoms with Gasteiger partial charge in [0.25, 0.3) is 0 Å². The predicted molar refractivity (Wildman–Crippen MR) is 162 cm³/mol. The van der Waals surface area contributed by atoms with Crippen molar-refractivity contribution in [2.24, 2.45) is 0 Å². The van der Waals surface area contributed by atoms with Gasteiger partial charge in [0.2, 0.25) is 0 Å². The van der Waals surface area contributed by atoms with Crippen LogP contribution in [0, 0.1) is 17.5 Å². The van der Waals surface area contributed by atoms with Crippen LogP contribution in [0.15, 0.2) is 79.0 Å². The second-order valence-corrected chi connectivity index (χ2v) is 12.1. The topological polar surface area (TPSA) is 111 Å². The molecule has 4 aromatic rings. The van der Waals surface area contributed by atoms with Crippen LogP contribution in [-0.4, -0.2) is 70.3 Å². The molecular weight excluding hydrogens is 639 g/mol. The molecule has 10 nitrogen and oxygen atoms in total. The molecule has 0 bridgehead atoms. The molecule has 0 aliphatic carbocycles. The lowest BCUT2D eigenvalue weighted by Crippen LogP contribution is -2.63. The Morgan fingerprint density at radius 1 is 1.02 bits per heavy atom. The number of hydrogen-bond donors (Lipinski definition) is 0. The summed E-state index contributed by atoms with van der Waals surface area (Å²) >= 11 is 1.25. The number of nitrogens with zero attached hydrogens (tertiary/aromatic N) is 3. The highest BCUT2D eigenvalue weighted by molar-refractivity contribution is 7.99. The number of rotatable bonds is 9. The Kier molecular flexibility index (Phi) is 9.92. The lowest BCUT2D eigenvalue weighted by atomic mass is 9.89. The summed E-state index contributed by atoms with van der Waals surface area (Å²) in [7, 11) is 1.25. The Morgan fingerprint density at radius 3 is 2.36 bits per heavy atom. The molecule has 1 aromatic heterocycles. The summed E-state index contributed by atoms with van der Waals surface area (Å²) < 4.78 is 73.4. The molecule has 6 rings (SSSR count). The fraction of sp³-hybridized carbons (Fsp3) is 0.333. The maximum Gasteiger partial charge on any atom is 0.321 e. The second-order valence-electron chi connectivity index (χ2n) is 11.0. The number of esters is 2. The van der Waals surface area contributed by atoms with E-state index in [4.69, 9.17) is 23.7 Å². The summed E-state index contributed by atoms with van der Waals surface area (Å²) in [6, 6.07) is 19.3. The molecule has 2 aliphatic heterocycles. The molecule has 3 aromatic carbocycles. The number of benzene rings is 3. The summed E-state index contributed by atoms with van der Waals surface area (Å²) in [5, 5.41) is 7.34. The molecule has 7 atom stereocenters. The first-order valence-electron chi connectivity index (χ1n) is 14.7. The van der Waals surface area contributed by atoms with E-state index in [-0.39, 0.29) is 17.9 Å². The highest BCUT2D eigenvalue weighted by Crippen LogP contribution is 2.43. The van der Waals surface area contributed by atoms with Gasteiger partial charge in [-0.1, -0.05) is 65.9 Å². The van der Waals surface area contributed by atoms with Crippen LogP contribution in [0.5, 0.6) is 0 Å². The molecule has 0 amide bonds. The first-order chi connectivity index (χ1) is 22.7. The van der Waals surface area contributed by atoms with Gasteiger partial charge in [-0.05, 0) is 17.7 Å². The Hall–Kier alpha value is -4.24. The van der Waals surface area contributed by atoms with Gasteiger partial charge in [-0.2, -0.15) is 0 Å². The van der Waals surface area contributed by atoms with E-state index in [1.807, 2.05) is 60.7 Å². The van der Waals surface area contributed by atoms with Crippen LogP contribution in [0.3, 0.4) is 0 Å². The minimum absolute atomic E-state index is 0.0126. The van der Waals surface area contributed by atoms with Crippen LogP contribution in [0.2, 0.25) is 0 Å². The maximum atomic E-state index is 14.1. The van der Waals surface area contributed by atoms with E-state index in [0.717, 1.165) is 23.3 Å². The molecule has 3 heterocycles. The van der Waals surface area contributed by atoms with Crippen molar-refractivity contribution in [1.82, 2.24) is 15.0 Å². The zero-order valence-corrected chi connectivity index (χ0v) is 26.0. The molecule has 2 aliphatic rings. The SMILES string of the molecule is COC(=O)[C@@H](SCc1ccccc1)C1OC2COC(c3ccccc3)OC2C(n2cc(-c3cc(F)c(F)c(F)c3)nn2)C1OC(C)=O. The summed E-state index contributed by atoms with van der Waals surface area (Å²) in [5.41, 5.74) is 1.60. The quantitative estimate of drug-likeness (QED) is 0.174. The van der Waals surface area contributed by atoms with Crippen LogP contribution < -0.4 is 0 Å². The van der Waals surface area contributed by atoms with Crippen molar-refractivity contribution in [3.05, 3.63) is 108 Å². The van der Waals surface area contributed by atoms with Gasteiger partial charge in [0, 0.05) is 23.8 Å². The summed E-state index contributed by atoms with van der Waals surface area (Å²) in [5.74, 6) is -5.28. The van der Waals surface area contributed by atoms with E-state index >= 15 is 0 Å². The third kappa shape index (κ3) is 7.05. The first kappa shape index (κ1) is 32.7. The zero-order chi connectivity index (χ0) is 33.1. The van der Waals surface area contributed by atoms with Crippen molar-refractivity contribution >= 4 is 23.7 Å². The third-order valence-corrected chi connectivity index (χ3v) is 9.18. The minimum Gasteiger partial charge on any atom is -0.468 e. The molecule has 2 saturated heterocycles. The predicted octanol–water partition coefficient (Wildman–Crippen LogP) is 5.19. The Bertz CT molecular complexity index is 1690. The molecule has 0 saturated carbocycles. The van der Waals surface area contributed by atoms with Gasteiger partial charge in [-0.3, -0.25) is 9.59 Å². The number of methoxy groups -OCH3 is 1. The van der Waals surface area contributed by atoms with E-state index in [9.17, 15) is 22.8 Å². The van der Waals surface area contributed by atoms with Crippen LogP contribution in [0.4, 0.5) is 13.2 Å². The van der Waals surface area contributed by atoms with Crippen molar-refractivity contribution < 1.29 is 46.4 Å². The monoisotopic (exact) mass is 669 g/mol.